The van der Waals surface area contributed by atoms with Gasteiger partial charge in [0.25, 0.3) is 0 Å². The van der Waals surface area contributed by atoms with Gasteiger partial charge < -0.3 is 14.2 Å². The van der Waals surface area contributed by atoms with E-state index in [1.165, 1.54) is 0 Å². The molecule has 0 saturated carbocycles. The summed E-state index contributed by atoms with van der Waals surface area (Å²) in [6, 6.07) is 26.7. The molecular formula is C25H27NO4. The van der Waals surface area contributed by atoms with Gasteiger partial charge in [-0.05, 0) is 28.8 Å². The Morgan fingerprint density at radius 3 is 2.00 bits per heavy atom. The van der Waals surface area contributed by atoms with Crippen LogP contribution in [0.2, 0.25) is 0 Å². The Balaban J connectivity index is 1.56. The van der Waals surface area contributed by atoms with E-state index in [0.29, 0.717) is 13.2 Å². The molecule has 0 aromatic heterocycles. The Kier molecular flexibility index (Phi) is 8.45. The lowest BCUT2D eigenvalue weighted by atomic mass is 10.2. The molecular weight excluding hydrogens is 378 g/mol. The van der Waals surface area contributed by atoms with Crippen molar-refractivity contribution in [2.24, 2.45) is 0 Å². The molecule has 156 valence electrons. The zero-order valence-electron chi connectivity index (χ0n) is 17.1. The minimum Gasteiger partial charge on any atom is -0.497 e. The molecule has 1 atom stereocenters. The van der Waals surface area contributed by atoms with Gasteiger partial charge in [0.1, 0.15) is 18.4 Å². The fourth-order valence-corrected chi connectivity index (χ4v) is 2.89. The Hall–Kier alpha value is -3.15. The van der Waals surface area contributed by atoms with E-state index in [1.54, 1.807) is 7.11 Å². The highest BCUT2D eigenvalue weighted by Gasteiger charge is 2.20. The summed E-state index contributed by atoms with van der Waals surface area (Å²) in [5.41, 5.74) is 3.05. The van der Waals surface area contributed by atoms with Crippen molar-refractivity contribution in [1.82, 2.24) is 5.32 Å². The lowest BCUT2D eigenvalue weighted by molar-refractivity contribution is -0.149. The first-order chi connectivity index (χ1) is 14.7. The molecule has 0 aliphatic rings. The summed E-state index contributed by atoms with van der Waals surface area (Å²) in [4.78, 5) is 12.7. The van der Waals surface area contributed by atoms with Gasteiger partial charge in [0.05, 0.1) is 20.3 Å². The third-order valence-corrected chi connectivity index (χ3v) is 4.62. The molecule has 5 nitrogen and oxygen atoms in total. The van der Waals surface area contributed by atoms with Crippen molar-refractivity contribution >= 4 is 5.97 Å². The molecule has 0 bridgehead atoms. The van der Waals surface area contributed by atoms with Crippen LogP contribution < -0.4 is 10.1 Å². The molecule has 0 aliphatic heterocycles. The van der Waals surface area contributed by atoms with Crippen molar-refractivity contribution in [3.8, 4) is 5.75 Å². The Morgan fingerprint density at radius 2 is 1.40 bits per heavy atom. The van der Waals surface area contributed by atoms with Crippen LogP contribution in [0.3, 0.4) is 0 Å². The number of hydrogen-bond donors (Lipinski definition) is 1. The van der Waals surface area contributed by atoms with Gasteiger partial charge in [-0.1, -0.05) is 72.8 Å². The van der Waals surface area contributed by atoms with Crippen LogP contribution >= 0.6 is 0 Å². The normalized spacial score (nSPS) is 11.6. The first-order valence-corrected chi connectivity index (χ1v) is 9.93. The third-order valence-electron chi connectivity index (χ3n) is 4.62. The minimum atomic E-state index is -0.570. The predicted octanol–water partition coefficient (Wildman–Crippen LogP) is 4.11. The van der Waals surface area contributed by atoms with Gasteiger partial charge in [-0.25, -0.2) is 0 Å². The van der Waals surface area contributed by atoms with Crippen molar-refractivity contribution in [2.75, 3.05) is 13.7 Å². The number of esters is 1. The van der Waals surface area contributed by atoms with E-state index < -0.39 is 6.04 Å². The fraction of sp³-hybridized carbons (Fsp3) is 0.240. The highest BCUT2D eigenvalue weighted by Crippen LogP contribution is 2.11. The van der Waals surface area contributed by atoms with Gasteiger partial charge in [-0.3, -0.25) is 10.1 Å². The summed E-state index contributed by atoms with van der Waals surface area (Å²) in [7, 11) is 1.64. The summed E-state index contributed by atoms with van der Waals surface area (Å²) >= 11 is 0. The second-order valence-corrected chi connectivity index (χ2v) is 6.88. The number of carbonyl (C=O) groups is 1. The Labute approximate surface area is 177 Å². The molecule has 0 fully saturated rings. The molecule has 1 N–H and O–H groups in total. The monoisotopic (exact) mass is 405 g/mol. The van der Waals surface area contributed by atoms with Crippen LogP contribution in [-0.2, 0) is 34.0 Å². The quantitative estimate of drug-likeness (QED) is 0.487. The lowest BCUT2D eigenvalue weighted by Gasteiger charge is -2.18. The van der Waals surface area contributed by atoms with E-state index in [0.717, 1.165) is 22.4 Å². The summed E-state index contributed by atoms with van der Waals surface area (Å²) in [6.45, 7) is 1.41. The van der Waals surface area contributed by atoms with Crippen molar-refractivity contribution in [3.63, 3.8) is 0 Å². The standard InChI is InChI=1S/C25H27NO4/c1-28-23-14-12-20(13-15-23)16-26-24(19-29-17-21-8-4-2-5-9-21)25(27)30-18-22-10-6-3-7-11-22/h2-15,24,26H,16-19H2,1H3/t24-/m0/s1. The molecule has 0 unspecified atom stereocenters. The van der Waals surface area contributed by atoms with Crippen LogP contribution in [0.4, 0.5) is 0 Å². The topological polar surface area (TPSA) is 56.8 Å². The molecule has 0 aliphatic carbocycles. The first kappa shape index (κ1) is 21.6. The van der Waals surface area contributed by atoms with E-state index in [2.05, 4.69) is 5.32 Å². The Bertz CT molecular complexity index is 882. The summed E-state index contributed by atoms with van der Waals surface area (Å²) in [6.07, 6.45) is 0. The van der Waals surface area contributed by atoms with Crippen LogP contribution in [0.25, 0.3) is 0 Å². The summed E-state index contributed by atoms with van der Waals surface area (Å²) in [5, 5.41) is 3.26. The molecule has 30 heavy (non-hydrogen) atoms. The SMILES string of the molecule is COc1ccc(CN[C@@H](COCc2ccccc2)C(=O)OCc2ccccc2)cc1. The fourth-order valence-electron chi connectivity index (χ4n) is 2.89. The van der Waals surface area contributed by atoms with Crippen molar-refractivity contribution in [2.45, 2.75) is 25.8 Å². The van der Waals surface area contributed by atoms with Gasteiger partial charge in [0.2, 0.25) is 0 Å². The van der Waals surface area contributed by atoms with Crippen molar-refractivity contribution < 1.29 is 19.0 Å². The first-order valence-electron chi connectivity index (χ1n) is 9.93. The zero-order chi connectivity index (χ0) is 21.0. The van der Waals surface area contributed by atoms with Crippen molar-refractivity contribution in [1.29, 1.82) is 0 Å². The summed E-state index contributed by atoms with van der Waals surface area (Å²) in [5.74, 6) is 0.462. The second-order valence-electron chi connectivity index (χ2n) is 6.88. The average Bonchev–Trinajstić information content (AvgIpc) is 2.81. The van der Waals surface area contributed by atoms with Crippen molar-refractivity contribution in [3.05, 3.63) is 102 Å². The van der Waals surface area contributed by atoms with E-state index in [1.807, 2.05) is 84.9 Å². The number of hydrogen-bond acceptors (Lipinski definition) is 5. The number of methoxy groups -OCH3 is 1. The molecule has 0 saturated heterocycles. The molecule has 5 heteroatoms. The van der Waals surface area contributed by atoms with E-state index in [-0.39, 0.29) is 19.2 Å². The number of rotatable bonds is 11. The maximum atomic E-state index is 12.7. The highest BCUT2D eigenvalue weighted by atomic mass is 16.5. The smallest absolute Gasteiger partial charge is 0.325 e. The lowest BCUT2D eigenvalue weighted by Crippen LogP contribution is -2.41. The minimum absolute atomic E-state index is 0.221. The Morgan fingerprint density at radius 1 is 0.800 bits per heavy atom. The molecule has 0 heterocycles. The van der Waals surface area contributed by atoms with Gasteiger partial charge in [0.15, 0.2) is 0 Å². The molecule has 3 aromatic rings. The van der Waals surface area contributed by atoms with Crippen LogP contribution in [0, 0.1) is 0 Å². The van der Waals surface area contributed by atoms with E-state index in [9.17, 15) is 4.79 Å². The predicted molar refractivity (Wildman–Crippen MR) is 116 cm³/mol. The van der Waals surface area contributed by atoms with Crippen LogP contribution in [0.1, 0.15) is 16.7 Å². The highest BCUT2D eigenvalue weighted by molar-refractivity contribution is 5.76. The zero-order valence-corrected chi connectivity index (χ0v) is 17.1. The average molecular weight is 405 g/mol. The third kappa shape index (κ3) is 7.03. The maximum Gasteiger partial charge on any atom is 0.325 e. The molecule has 0 spiro atoms. The maximum absolute atomic E-state index is 12.7. The van der Waals surface area contributed by atoms with Gasteiger partial charge in [-0.15, -0.1) is 0 Å². The number of carbonyl (C=O) groups excluding carboxylic acids is 1. The van der Waals surface area contributed by atoms with Crippen LogP contribution in [0.5, 0.6) is 5.75 Å². The largest absolute Gasteiger partial charge is 0.497 e. The molecule has 3 aromatic carbocycles. The van der Waals surface area contributed by atoms with Gasteiger partial charge in [0, 0.05) is 6.54 Å². The van der Waals surface area contributed by atoms with Crippen LogP contribution in [0.15, 0.2) is 84.9 Å². The van der Waals surface area contributed by atoms with Crippen LogP contribution in [-0.4, -0.2) is 25.7 Å². The van der Waals surface area contributed by atoms with E-state index >= 15 is 0 Å². The van der Waals surface area contributed by atoms with Gasteiger partial charge >= 0.3 is 5.97 Å². The number of ether oxygens (including phenoxy) is 3. The second kappa shape index (κ2) is 11.8. The molecule has 0 amide bonds. The summed E-state index contributed by atoms with van der Waals surface area (Å²) < 4.78 is 16.5. The van der Waals surface area contributed by atoms with E-state index in [4.69, 9.17) is 14.2 Å². The number of nitrogens with one attached hydrogen (secondary N) is 1. The van der Waals surface area contributed by atoms with Gasteiger partial charge in [-0.2, -0.15) is 0 Å². The molecule has 3 rings (SSSR count). The number of benzene rings is 3. The molecule has 0 radical (unpaired) electrons.